The average Bonchev–Trinajstić information content (AvgIpc) is 2.75. The number of halogens is 1. The van der Waals surface area contributed by atoms with E-state index in [1.807, 2.05) is 24.3 Å². The van der Waals surface area contributed by atoms with Gasteiger partial charge in [-0.2, -0.15) is 0 Å². The SMILES string of the molecule is CC(C)(C)NC(N)=NCCCc1nc2ccccc2[nH]1.I. The molecule has 0 saturated carbocycles. The highest BCUT2D eigenvalue weighted by Crippen LogP contribution is 2.11. The highest BCUT2D eigenvalue weighted by Gasteiger charge is 2.09. The van der Waals surface area contributed by atoms with Gasteiger partial charge in [0.1, 0.15) is 5.82 Å². The lowest BCUT2D eigenvalue weighted by Gasteiger charge is -2.20. The van der Waals surface area contributed by atoms with E-state index in [-0.39, 0.29) is 29.5 Å². The van der Waals surface area contributed by atoms with Crippen LogP contribution in [0.1, 0.15) is 33.0 Å². The van der Waals surface area contributed by atoms with Gasteiger partial charge >= 0.3 is 0 Å². The molecule has 21 heavy (non-hydrogen) atoms. The van der Waals surface area contributed by atoms with E-state index in [0.717, 1.165) is 29.7 Å². The zero-order valence-electron chi connectivity index (χ0n) is 12.8. The standard InChI is InChI=1S/C15H23N5.HI/c1-15(2,3)20-14(16)17-10-6-9-13-18-11-7-4-5-8-12(11)19-13;/h4-5,7-8H,6,9-10H2,1-3H3,(H,18,19)(H3,16,17,20);1H. The zero-order chi connectivity index (χ0) is 14.6. The summed E-state index contributed by atoms with van der Waals surface area (Å²) in [5.41, 5.74) is 7.86. The third kappa shape index (κ3) is 5.91. The van der Waals surface area contributed by atoms with Gasteiger partial charge < -0.3 is 16.0 Å². The quantitative estimate of drug-likeness (QED) is 0.319. The van der Waals surface area contributed by atoms with Crippen LogP contribution in [0, 0.1) is 0 Å². The lowest BCUT2D eigenvalue weighted by atomic mass is 10.1. The van der Waals surface area contributed by atoms with Crippen LogP contribution in [-0.2, 0) is 6.42 Å². The molecule has 0 saturated heterocycles. The van der Waals surface area contributed by atoms with Gasteiger partial charge in [0.15, 0.2) is 5.96 Å². The number of guanidine groups is 1. The second kappa shape index (κ2) is 7.63. The maximum atomic E-state index is 5.82. The fraction of sp³-hybridized carbons (Fsp3) is 0.467. The number of benzene rings is 1. The molecule has 1 aromatic carbocycles. The van der Waals surface area contributed by atoms with Crippen molar-refractivity contribution in [1.29, 1.82) is 0 Å². The van der Waals surface area contributed by atoms with Crippen LogP contribution < -0.4 is 11.1 Å². The molecule has 2 rings (SSSR count). The molecule has 6 heteroatoms. The molecule has 0 aliphatic rings. The minimum Gasteiger partial charge on any atom is -0.370 e. The molecule has 0 aliphatic heterocycles. The molecule has 1 aromatic heterocycles. The number of H-pyrrole nitrogens is 1. The first-order valence-electron chi connectivity index (χ1n) is 6.96. The summed E-state index contributed by atoms with van der Waals surface area (Å²) in [5.74, 6) is 1.51. The van der Waals surface area contributed by atoms with Crippen LogP contribution in [-0.4, -0.2) is 28.0 Å². The van der Waals surface area contributed by atoms with Gasteiger partial charge in [0, 0.05) is 18.5 Å². The predicted octanol–water partition coefficient (Wildman–Crippen LogP) is 2.82. The maximum absolute atomic E-state index is 5.82. The van der Waals surface area contributed by atoms with Crippen LogP contribution >= 0.6 is 24.0 Å². The first-order chi connectivity index (χ1) is 9.44. The van der Waals surface area contributed by atoms with Gasteiger partial charge in [-0.15, -0.1) is 24.0 Å². The molecule has 0 unspecified atom stereocenters. The van der Waals surface area contributed by atoms with Crippen LogP contribution in [0.2, 0.25) is 0 Å². The molecule has 5 nitrogen and oxygen atoms in total. The van der Waals surface area contributed by atoms with Crippen molar-refractivity contribution in [2.45, 2.75) is 39.2 Å². The van der Waals surface area contributed by atoms with E-state index in [0.29, 0.717) is 12.5 Å². The number of rotatable bonds is 4. The summed E-state index contributed by atoms with van der Waals surface area (Å²) in [6.07, 6.45) is 1.80. The predicted molar refractivity (Wildman–Crippen MR) is 99.2 cm³/mol. The van der Waals surface area contributed by atoms with Crippen molar-refractivity contribution in [3.63, 3.8) is 0 Å². The summed E-state index contributed by atoms with van der Waals surface area (Å²) in [4.78, 5) is 12.2. The average molecular weight is 401 g/mol. The molecule has 0 fully saturated rings. The van der Waals surface area contributed by atoms with Crippen LogP contribution in [0.5, 0.6) is 0 Å². The Morgan fingerprint density at radius 1 is 1.33 bits per heavy atom. The topological polar surface area (TPSA) is 79.1 Å². The third-order valence-corrected chi connectivity index (χ3v) is 2.80. The summed E-state index contributed by atoms with van der Waals surface area (Å²) in [6, 6.07) is 8.05. The number of imidazole rings is 1. The largest absolute Gasteiger partial charge is 0.370 e. The molecule has 4 N–H and O–H groups in total. The number of aromatic nitrogens is 2. The first kappa shape index (κ1) is 17.7. The van der Waals surface area contributed by atoms with Gasteiger partial charge in [-0.1, -0.05) is 12.1 Å². The summed E-state index contributed by atoms with van der Waals surface area (Å²) in [6.45, 7) is 6.88. The molecule has 116 valence electrons. The molecule has 2 aromatic rings. The van der Waals surface area contributed by atoms with Gasteiger partial charge in [0.05, 0.1) is 11.0 Å². The number of para-hydroxylation sites is 2. The van der Waals surface area contributed by atoms with Crippen LogP contribution in [0.25, 0.3) is 11.0 Å². The molecule has 0 amide bonds. The number of nitrogens with one attached hydrogen (secondary N) is 2. The Balaban J connectivity index is 0.00000220. The van der Waals surface area contributed by atoms with E-state index in [1.54, 1.807) is 0 Å². The molecule has 0 atom stereocenters. The summed E-state index contributed by atoms with van der Waals surface area (Å²) in [7, 11) is 0. The molecule has 0 bridgehead atoms. The van der Waals surface area contributed by atoms with Gasteiger partial charge in [-0.3, -0.25) is 4.99 Å². The van der Waals surface area contributed by atoms with Crippen LogP contribution in [0.15, 0.2) is 29.3 Å². The minimum absolute atomic E-state index is 0. The Hall–Kier alpha value is -1.31. The second-order valence-electron chi connectivity index (χ2n) is 5.95. The van der Waals surface area contributed by atoms with Gasteiger partial charge in [0.2, 0.25) is 0 Å². The summed E-state index contributed by atoms with van der Waals surface area (Å²) >= 11 is 0. The Bertz CT molecular complexity index is 564. The number of hydrogen-bond acceptors (Lipinski definition) is 2. The van der Waals surface area contributed by atoms with E-state index in [9.17, 15) is 0 Å². The van der Waals surface area contributed by atoms with Gasteiger partial charge in [-0.05, 0) is 39.3 Å². The fourth-order valence-corrected chi connectivity index (χ4v) is 1.99. The van der Waals surface area contributed by atoms with Crippen molar-refractivity contribution >= 4 is 41.0 Å². The molecule has 0 radical (unpaired) electrons. The summed E-state index contributed by atoms with van der Waals surface area (Å²) in [5, 5.41) is 3.14. The Morgan fingerprint density at radius 3 is 2.71 bits per heavy atom. The first-order valence-corrected chi connectivity index (χ1v) is 6.96. The number of aromatic amines is 1. The van der Waals surface area contributed by atoms with E-state index in [2.05, 4.69) is 41.0 Å². The van der Waals surface area contributed by atoms with Crippen molar-refractivity contribution in [2.75, 3.05) is 6.54 Å². The number of aliphatic imine (C=N–C) groups is 1. The van der Waals surface area contributed by atoms with Crippen molar-refractivity contribution in [2.24, 2.45) is 10.7 Å². The minimum atomic E-state index is -0.0493. The smallest absolute Gasteiger partial charge is 0.188 e. The van der Waals surface area contributed by atoms with Crippen LogP contribution in [0.4, 0.5) is 0 Å². The summed E-state index contributed by atoms with van der Waals surface area (Å²) < 4.78 is 0. The monoisotopic (exact) mass is 401 g/mol. The van der Waals surface area contributed by atoms with Crippen molar-refractivity contribution in [1.82, 2.24) is 15.3 Å². The number of nitrogens with zero attached hydrogens (tertiary/aromatic N) is 2. The normalized spacial score (nSPS) is 12.2. The molecule has 1 heterocycles. The Kier molecular flexibility index (Phi) is 6.44. The lowest BCUT2D eigenvalue weighted by Crippen LogP contribution is -2.45. The molecule has 0 aliphatic carbocycles. The molecule has 0 spiro atoms. The van der Waals surface area contributed by atoms with E-state index >= 15 is 0 Å². The highest BCUT2D eigenvalue weighted by atomic mass is 127. The number of hydrogen-bond donors (Lipinski definition) is 3. The van der Waals surface area contributed by atoms with Crippen molar-refractivity contribution in [3.8, 4) is 0 Å². The van der Waals surface area contributed by atoms with Crippen molar-refractivity contribution < 1.29 is 0 Å². The van der Waals surface area contributed by atoms with E-state index in [4.69, 9.17) is 5.73 Å². The number of fused-ring (bicyclic) bond motifs is 1. The Morgan fingerprint density at radius 2 is 2.05 bits per heavy atom. The van der Waals surface area contributed by atoms with Crippen LogP contribution in [0.3, 0.4) is 0 Å². The fourth-order valence-electron chi connectivity index (χ4n) is 1.99. The zero-order valence-corrected chi connectivity index (χ0v) is 15.1. The number of aryl methyl sites for hydroxylation is 1. The third-order valence-electron chi connectivity index (χ3n) is 2.80. The van der Waals surface area contributed by atoms with Gasteiger partial charge in [0.25, 0.3) is 0 Å². The molecular weight excluding hydrogens is 377 g/mol. The molecular formula is C15H24IN5. The second-order valence-corrected chi connectivity index (χ2v) is 5.95. The van der Waals surface area contributed by atoms with Crippen molar-refractivity contribution in [3.05, 3.63) is 30.1 Å². The lowest BCUT2D eigenvalue weighted by molar-refractivity contribution is 0.508. The Labute approximate surface area is 142 Å². The van der Waals surface area contributed by atoms with E-state index in [1.165, 1.54) is 0 Å². The number of nitrogens with two attached hydrogens (primary N) is 1. The van der Waals surface area contributed by atoms with E-state index < -0.39 is 0 Å². The highest BCUT2D eigenvalue weighted by molar-refractivity contribution is 14.0. The maximum Gasteiger partial charge on any atom is 0.188 e. The van der Waals surface area contributed by atoms with Gasteiger partial charge in [-0.25, -0.2) is 4.98 Å².